The Morgan fingerprint density at radius 3 is 2.00 bits per heavy atom. The summed E-state index contributed by atoms with van der Waals surface area (Å²) in [5.41, 5.74) is 8.05. The van der Waals surface area contributed by atoms with Crippen LogP contribution >= 0.6 is 0 Å². The fourth-order valence-electron chi connectivity index (χ4n) is 2.87. The van der Waals surface area contributed by atoms with E-state index in [0.29, 0.717) is 19.3 Å². The van der Waals surface area contributed by atoms with Crippen molar-refractivity contribution in [1.82, 2.24) is 0 Å². The van der Waals surface area contributed by atoms with Crippen molar-refractivity contribution in [2.75, 3.05) is 0 Å². The molecule has 0 aromatic carbocycles. The summed E-state index contributed by atoms with van der Waals surface area (Å²) in [5.74, 6) is -3.26. The largest absolute Gasteiger partial charge is 0.460 e. The molecular weight excluding hydrogens is 300 g/mol. The van der Waals surface area contributed by atoms with Gasteiger partial charge in [0.15, 0.2) is 0 Å². The van der Waals surface area contributed by atoms with Gasteiger partial charge in [0.2, 0.25) is 5.60 Å². The third-order valence-electron chi connectivity index (χ3n) is 3.96. The highest BCUT2D eigenvalue weighted by molar-refractivity contribution is 5.94. The number of hydrogen-bond acceptors (Lipinski definition) is 6. The Labute approximate surface area is 137 Å². The van der Waals surface area contributed by atoms with Crippen LogP contribution in [0.4, 0.5) is 0 Å². The predicted octanol–water partition coefficient (Wildman–Crippen LogP) is 1.02. The van der Waals surface area contributed by atoms with E-state index in [0.717, 1.165) is 0 Å². The Morgan fingerprint density at radius 1 is 1.17 bits per heavy atom. The lowest BCUT2D eigenvalue weighted by molar-refractivity contribution is -0.190. The van der Waals surface area contributed by atoms with Crippen molar-refractivity contribution in [2.24, 2.45) is 17.4 Å². The number of hydrogen-bond donors (Lipinski definition) is 2. The lowest BCUT2D eigenvalue weighted by Crippen LogP contribution is -2.67. The second kappa shape index (κ2) is 6.47. The number of amides is 1. The van der Waals surface area contributed by atoms with Crippen molar-refractivity contribution in [3.63, 3.8) is 0 Å². The van der Waals surface area contributed by atoms with E-state index >= 15 is 0 Å². The molecule has 0 saturated heterocycles. The molecule has 0 aromatic rings. The summed E-state index contributed by atoms with van der Waals surface area (Å²) in [7, 11) is 0. The van der Waals surface area contributed by atoms with Crippen molar-refractivity contribution in [2.45, 2.75) is 77.0 Å². The lowest BCUT2D eigenvalue weighted by Gasteiger charge is -2.41. The van der Waals surface area contributed by atoms with Crippen molar-refractivity contribution in [3.05, 3.63) is 0 Å². The first-order valence-electron chi connectivity index (χ1n) is 7.91. The second-order valence-corrected chi connectivity index (χ2v) is 7.22. The molecule has 2 atom stereocenters. The Kier molecular flexibility index (Phi) is 5.46. The first-order valence-corrected chi connectivity index (χ1v) is 7.91. The van der Waals surface area contributed by atoms with Gasteiger partial charge in [-0.2, -0.15) is 0 Å². The molecule has 1 saturated carbocycles. The standard InChI is InChI=1S/C16H28N2O5/c1-6-7-11(12(20)23-14(3,4)5)16(13(17)21,22-10(2)19)15(18)8-9-15/h11H,6-9,18H2,1-5H3,(H2,17,21). The number of esters is 2. The van der Waals surface area contributed by atoms with E-state index in [1.54, 1.807) is 20.8 Å². The molecule has 0 spiro atoms. The maximum atomic E-state index is 12.7. The van der Waals surface area contributed by atoms with E-state index < -0.39 is 40.5 Å². The average Bonchev–Trinajstić information content (AvgIpc) is 3.10. The van der Waals surface area contributed by atoms with Crippen LogP contribution in [0.2, 0.25) is 0 Å². The van der Waals surface area contributed by atoms with E-state index in [2.05, 4.69) is 0 Å². The van der Waals surface area contributed by atoms with E-state index in [1.807, 2.05) is 6.92 Å². The van der Waals surface area contributed by atoms with Crippen LogP contribution in [-0.2, 0) is 23.9 Å². The lowest BCUT2D eigenvalue weighted by atomic mass is 9.75. The molecule has 0 radical (unpaired) electrons. The summed E-state index contributed by atoms with van der Waals surface area (Å²) in [6.45, 7) is 8.19. The maximum Gasteiger partial charge on any atom is 0.314 e. The normalized spacial score (nSPS) is 20.1. The topological polar surface area (TPSA) is 122 Å². The molecule has 0 bridgehead atoms. The third-order valence-corrected chi connectivity index (χ3v) is 3.96. The molecule has 7 nitrogen and oxygen atoms in total. The number of rotatable bonds is 7. The number of carbonyl (C=O) groups is 3. The highest BCUT2D eigenvalue weighted by Gasteiger charge is 2.68. The molecule has 1 fully saturated rings. The molecule has 23 heavy (non-hydrogen) atoms. The van der Waals surface area contributed by atoms with Crippen LogP contribution in [0, 0.1) is 5.92 Å². The van der Waals surface area contributed by atoms with Crippen molar-refractivity contribution < 1.29 is 23.9 Å². The third kappa shape index (κ3) is 4.02. The van der Waals surface area contributed by atoms with Gasteiger partial charge in [-0.15, -0.1) is 0 Å². The van der Waals surface area contributed by atoms with Crippen molar-refractivity contribution in [1.29, 1.82) is 0 Å². The van der Waals surface area contributed by atoms with Gasteiger partial charge in [0.05, 0.1) is 5.54 Å². The van der Waals surface area contributed by atoms with Crippen LogP contribution in [0.3, 0.4) is 0 Å². The van der Waals surface area contributed by atoms with Crippen LogP contribution in [0.5, 0.6) is 0 Å². The minimum atomic E-state index is -1.88. The number of ether oxygens (including phenoxy) is 2. The molecule has 7 heteroatoms. The molecule has 1 rings (SSSR count). The van der Waals surface area contributed by atoms with Gasteiger partial charge in [-0.3, -0.25) is 14.4 Å². The zero-order valence-corrected chi connectivity index (χ0v) is 14.6. The SMILES string of the molecule is CCCC(C(=O)OC(C)(C)C)C(OC(C)=O)(C(N)=O)C1(N)CC1. The molecule has 4 N–H and O–H groups in total. The minimum Gasteiger partial charge on any atom is -0.460 e. The summed E-state index contributed by atoms with van der Waals surface area (Å²) >= 11 is 0. The summed E-state index contributed by atoms with van der Waals surface area (Å²) in [4.78, 5) is 36.6. The highest BCUT2D eigenvalue weighted by Crippen LogP contribution is 2.50. The molecule has 132 valence electrons. The number of carbonyl (C=O) groups excluding carboxylic acids is 3. The molecule has 1 amide bonds. The van der Waals surface area contributed by atoms with E-state index in [-0.39, 0.29) is 6.42 Å². The zero-order chi connectivity index (χ0) is 18.1. The molecule has 0 heterocycles. The first kappa shape index (κ1) is 19.4. The molecule has 0 aromatic heterocycles. The summed E-state index contributed by atoms with van der Waals surface area (Å²) in [6.07, 6.45) is 1.76. The van der Waals surface area contributed by atoms with Crippen LogP contribution in [-0.4, -0.2) is 34.6 Å². The zero-order valence-electron chi connectivity index (χ0n) is 14.6. The number of nitrogens with two attached hydrogens (primary N) is 2. The maximum absolute atomic E-state index is 12.7. The summed E-state index contributed by atoms with van der Waals surface area (Å²) in [6, 6.07) is 0. The van der Waals surface area contributed by atoms with Gasteiger partial charge < -0.3 is 20.9 Å². The van der Waals surface area contributed by atoms with Gasteiger partial charge in [0.1, 0.15) is 11.5 Å². The summed E-state index contributed by atoms with van der Waals surface area (Å²) in [5, 5.41) is 0. The molecular formula is C16H28N2O5. The highest BCUT2D eigenvalue weighted by atomic mass is 16.6. The predicted molar refractivity (Wildman–Crippen MR) is 84.1 cm³/mol. The van der Waals surface area contributed by atoms with Crippen molar-refractivity contribution in [3.8, 4) is 0 Å². The van der Waals surface area contributed by atoms with E-state index in [4.69, 9.17) is 20.9 Å². The van der Waals surface area contributed by atoms with Crippen LogP contribution in [0.15, 0.2) is 0 Å². The van der Waals surface area contributed by atoms with Crippen LogP contribution in [0.1, 0.15) is 60.3 Å². The molecule has 1 aliphatic rings. The van der Waals surface area contributed by atoms with E-state index in [9.17, 15) is 14.4 Å². The van der Waals surface area contributed by atoms with Gasteiger partial charge in [-0.1, -0.05) is 13.3 Å². The smallest absolute Gasteiger partial charge is 0.314 e. The van der Waals surface area contributed by atoms with Crippen LogP contribution in [0.25, 0.3) is 0 Å². The van der Waals surface area contributed by atoms with Crippen LogP contribution < -0.4 is 11.5 Å². The van der Waals surface area contributed by atoms with Gasteiger partial charge in [-0.05, 0) is 40.0 Å². The second-order valence-electron chi connectivity index (χ2n) is 7.22. The molecule has 0 aliphatic heterocycles. The fraction of sp³-hybridized carbons (Fsp3) is 0.812. The molecule has 2 unspecified atom stereocenters. The molecule has 1 aliphatic carbocycles. The quantitative estimate of drug-likeness (QED) is 0.673. The number of primary amides is 1. The van der Waals surface area contributed by atoms with Gasteiger partial charge in [-0.25, -0.2) is 0 Å². The monoisotopic (exact) mass is 328 g/mol. The Bertz CT molecular complexity index is 493. The Morgan fingerprint density at radius 2 is 1.70 bits per heavy atom. The fourth-order valence-corrected chi connectivity index (χ4v) is 2.87. The Balaban J connectivity index is 3.35. The van der Waals surface area contributed by atoms with Crippen molar-refractivity contribution >= 4 is 17.8 Å². The van der Waals surface area contributed by atoms with Gasteiger partial charge in [0, 0.05) is 6.92 Å². The average molecular weight is 328 g/mol. The van der Waals surface area contributed by atoms with Gasteiger partial charge in [0.25, 0.3) is 5.91 Å². The summed E-state index contributed by atoms with van der Waals surface area (Å²) < 4.78 is 10.8. The van der Waals surface area contributed by atoms with E-state index in [1.165, 1.54) is 6.92 Å². The first-order chi connectivity index (χ1) is 10.4. The minimum absolute atomic E-state index is 0.282. The Hall–Kier alpha value is -1.63. The van der Waals surface area contributed by atoms with Gasteiger partial charge >= 0.3 is 11.9 Å².